The van der Waals surface area contributed by atoms with Crippen molar-refractivity contribution in [1.82, 2.24) is 0 Å². The fourth-order valence-electron chi connectivity index (χ4n) is 2.33. The number of benzene rings is 2. The molecule has 0 saturated carbocycles. The van der Waals surface area contributed by atoms with Gasteiger partial charge in [0.25, 0.3) is 5.91 Å². The van der Waals surface area contributed by atoms with Crippen molar-refractivity contribution in [2.75, 3.05) is 26.1 Å². The zero-order valence-corrected chi connectivity index (χ0v) is 14.7. The molecule has 6 nitrogen and oxygen atoms in total. The standard InChI is InChI=1S/C19H21NO5/c1-12-7-5-9-15(13(12)2)20-17(21)11-25-19(22)14-8-6-10-16(23-3)18(14)24-4/h5-10H,11H2,1-4H3,(H,20,21). The lowest BCUT2D eigenvalue weighted by atomic mass is 10.1. The van der Waals surface area contributed by atoms with Gasteiger partial charge < -0.3 is 19.5 Å². The topological polar surface area (TPSA) is 73.9 Å². The Labute approximate surface area is 146 Å². The fraction of sp³-hybridized carbons (Fsp3) is 0.263. The Balaban J connectivity index is 2.03. The average Bonchev–Trinajstić information content (AvgIpc) is 2.62. The molecule has 0 aromatic heterocycles. The van der Waals surface area contributed by atoms with Crippen molar-refractivity contribution in [2.24, 2.45) is 0 Å². The number of rotatable bonds is 6. The molecular weight excluding hydrogens is 322 g/mol. The maximum atomic E-state index is 12.2. The molecule has 2 rings (SSSR count). The van der Waals surface area contributed by atoms with Crippen LogP contribution in [0.2, 0.25) is 0 Å². The highest BCUT2D eigenvalue weighted by Gasteiger charge is 2.18. The van der Waals surface area contributed by atoms with E-state index in [0.29, 0.717) is 11.4 Å². The molecule has 0 atom stereocenters. The summed E-state index contributed by atoms with van der Waals surface area (Å²) in [7, 11) is 2.91. The number of amides is 1. The first-order chi connectivity index (χ1) is 12.0. The van der Waals surface area contributed by atoms with E-state index in [4.69, 9.17) is 14.2 Å². The van der Waals surface area contributed by atoms with Crippen molar-refractivity contribution < 1.29 is 23.8 Å². The first-order valence-electron chi connectivity index (χ1n) is 7.72. The van der Waals surface area contributed by atoms with E-state index in [1.807, 2.05) is 26.0 Å². The molecule has 132 valence electrons. The molecule has 0 aliphatic carbocycles. The number of ether oxygens (including phenoxy) is 3. The van der Waals surface area contributed by atoms with E-state index in [1.54, 1.807) is 24.3 Å². The number of para-hydroxylation sites is 1. The number of carbonyl (C=O) groups excluding carboxylic acids is 2. The summed E-state index contributed by atoms with van der Waals surface area (Å²) in [6.45, 7) is 3.48. The summed E-state index contributed by atoms with van der Waals surface area (Å²) in [6.07, 6.45) is 0. The van der Waals surface area contributed by atoms with Crippen LogP contribution in [0.4, 0.5) is 5.69 Å². The molecule has 2 aromatic rings. The van der Waals surface area contributed by atoms with E-state index in [0.717, 1.165) is 11.1 Å². The summed E-state index contributed by atoms with van der Waals surface area (Å²) >= 11 is 0. The van der Waals surface area contributed by atoms with Gasteiger partial charge in [-0.2, -0.15) is 0 Å². The fourth-order valence-corrected chi connectivity index (χ4v) is 2.33. The van der Waals surface area contributed by atoms with E-state index in [1.165, 1.54) is 14.2 Å². The Morgan fingerprint density at radius 3 is 2.40 bits per heavy atom. The first-order valence-corrected chi connectivity index (χ1v) is 7.72. The van der Waals surface area contributed by atoms with E-state index < -0.39 is 18.5 Å². The van der Waals surface area contributed by atoms with Crippen molar-refractivity contribution in [2.45, 2.75) is 13.8 Å². The average molecular weight is 343 g/mol. The summed E-state index contributed by atoms with van der Waals surface area (Å²) < 4.78 is 15.4. The maximum Gasteiger partial charge on any atom is 0.342 e. The lowest BCUT2D eigenvalue weighted by Gasteiger charge is -2.13. The predicted molar refractivity (Wildman–Crippen MR) is 94.4 cm³/mol. The van der Waals surface area contributed by atoms with Crippen LogP contribution in [0, 0.1) is 13.8 Å². The van der Waals surface area contributed by atoms with Crippen LogP contribution in [0.1, 0.15) is 21.5 Å². The number of aryl methyl sites for hydroxylation is 1. The molecule has 0 aliphatic heterocycles. The highest BCUT2D eigenvalue weighted by atomic mass is 16.5. The predicted octanol–water partition coefficient (Wildman–Crippen LogP) is 3.12. The zero-order valence-electron chi connectivity index (χ0n) is 14.7. The van der Waals surface area contributed by atoms with Crippen LogP contribution >= 0.6 is 0 Å². The Hall–Kier alpha value is -3.02. The molecule has 0 bridgehead atoms. The lowest BCUT2D eigenvalue weighted by Crippen LogP contribution is -2.21. The van der Waals surface area contributed by atoms with Gasteiger partial charge in [0.2, 0.25) is 0 Å². The van der Waals surface area contributed by atoms with Gasteiger partial charge in [0.15, 0.2) is 18.1 Å². The largest absolute Gasteiger partial charge is 0.493 e. The van der Waals surface area contributed by atoms with Crippen molar-refractivity contribution in [3.05, 3.63) is 53.1 Å². The van der Waals surface area contributed by atoms with Crippen molar-refractivity contribution in [3.8, 4) is 11.5 Å². The molecule has 6 heteroatoms. The Kier molecular flexibility index (Phi) is 6.00. The van der Waals surface area contributed by atoms with Gasteiger partial charge >= 0.3 is 5.97 Å². The molecule has 0 fully saturated rings. The van der Waals surface area contributed by atoms with Gasteiger partial charge in [-0.15, -0.1) is 0 Å². The SMILES string of the molecule is COc1cccc(C(=O)OCC(=O)Nc2cccc(C)c2C)c1OC. The number of anilines is 1. The Morgan fingerprint density at radius 2 is 1.72 bits per heavy atom. The minimum Gasteiger partial charge on any atom is -0.493 e. The lowest BCUT2D eigenvalue weighted by molar-refractivity contribution is -0.119. The summed E-state index contributed by atoms with van der Waals surface area (Å²) in [6, 6.07) is 10.5. The van der Waals surface area contributed by atoms with E-state index >= 15 is 0 Å². The maximum absolute atomic E-state index is 12.2. The molecule has 0 saturated heterocycles. The quantitative estimate of drug-likeness (QED) is 0.816. The molecule has 0 unspecified atom stereocenters. The van der Waals surface area contributed by atoms with Gasteiger partial charge in [0, 0.05) is 5.69 Å². The normalized spacial score (nSPS) is 10.1. The number of methoxy groups -OCH3 is 2. The minimum absolute atomic E-state index is 0.196. The molecule has 0 heterocycles. The second kappa shape index (κ2) is 8.19. The minimum atomic E-state index is -0.660. The number of nitrogens with one attached hydrogen (secondary N) is 1. The number of hydrogen-bond donors (Lipinski definition) is 1. The van der Waals surface area contributed by atoms with Crippen LogP contribution in [0.5, 0.6) is 11.5 Å². The smallest absolute Gasteiger partial charge is 0.342 e. The third-order valence-corrected chi connectivity index (χ3v) is 3.84. The van der Waals surface area contributed by atoms with Gasteiger partial charge in [0.1, 0.15) is 5.56 Å². The highest BCUT2D eigenvalue weighted by Crippen LogP contribution is 2.31. The van der Waals surface area contributed by atoms with Gasteiger partial charge in [-0.05, 0) is 43.2 Å². The van der Waals surface area contributed by atoms with Crippen LogP contribution in [-0.2, 0) is 9.53 Å². The van der Waals surface area contributed by atoms with Gasteiger partial charge in [-0.25, -0.2) is 4.79 Å². The third-order valence-electron chi connectivity index (χ3n) is 3.84. The van der Waals surface area contributed by atoms with E-state index in [2.05, 4.69) is 5.32 Å². The second-order valence-electron chi connectivity index (χ2n) is 5.41. The second-order valence-corrected chi connectivity index (χ2v) is 5.41. The number of carbonyl (C=O) groups is 2. The molecular formula is C19H21NO5. The van der Waals surface area contributed by atoms with Crippen LogP contribution < -0.4 is 14.8 Å². The molecule has 0 radical (unpaired) electrons. The first kappa shape index (κ1) is 18.3. The Morgan fingerprint density at radius 1 is 1.00 bits per heavy atom. The molecule has 1 N–H and O–H groups in total. The molecule has 25 heavy (non-hydrogen) atoms. The van der Waals surface area contributed by atoms with Crippen LogP contribution in [0.15, 0.2) is 36.4 Å². The van der Waals surface area contributed by atoms with Crippen molar-refractivity contribution >= 4 is 17.6 Å². The van der Waals surface area contributed by atoms with E-state index in [9.17, 15) is 9.59 Å². The molecule has 2 aromatic carbocycles. The molecule has 0 spiro atoms. The summed E-state index contributed by atoms with van der Waals surface area (Å²) in [5.74, 6) is -0.391. The summed E-state index contributed by atoms with van der Waals surface area (Å²) in [5, 5.41) is 2.74. The molecule has 0 aliphatic rings. The van der Waals surface area contributed by atoms with Crippen LogP contribution in [0.3, 0.4) is 0 Å². The van der Waals surface area contributed by atoms with Gasteiger partial charge in [0.05, 0.1) is 14.2 Å². The number of esters is 1. The van der Waals surface area contributed by atoms with Crippen LogP contribution in [0.25, 0.3) is 0 Å². The summed E-state index contributed by atoms with van der Waals surface area (Å²) in [4.78, 5) is 24.3. The van der Waals surface area contributed by atoms with Crippen LogP contribution in [-0.4, -0.2) is 32.7 Å². The summed E-state index contributed by atoms with van der Waals surface area (Å²) in [5.41, 5.74) is 2.92. The third kappa shape index (κ3) is 4.29. The number of hydrogen-bond acceptors (Lipinski definition) is 5. The highest BCUT2D eigenvalue weighted by molar-refractivity contribution is 5.97. The Bertz CT molecular complexity index is 785. The van der Waals surface area contributed by atoms with E-state index in [-0.39, 0.29) is 11.3 Å². The monoisotopic (exact) mass is 343 g/mol. The van der Waals surface area contributed by atoms with Crippen molar-refractivity contribution in [1.29, 1.82) is 0 Å². The van der Waals surface area contributed by atoms with Gasteiger partial charge in [-0.3, -0.25) is 4.79 Å². The molecule has 1 amide bonds. The zero-order chi connectivity index (χ0) is 18.4. The van der Waals surface area contributed by atoms with Crippen molar-refractivity contribution in [3.63, 3.8) is 0 Å². The van der Waals surface area contributed by atoms with Gasteiger partial charge in [-0.1, -0.05) is 18.2 Å².